The normalized spacial score (nSPS) is 9.60. The van der Waals surface area contributed by atoms with Crippen LogP contribution in [0.1, 0.15) is 2.74 Å². The average Bonchev–Trinajstić information content (AvgIpc) is 2.39. The SMILES string of the molecule is NC[13C](=O)O.N[13CH2][13C](=O)O.[16NH2]CC(=O)O.[2H]C([2H])(N)C(=O)O. The molecule has 0 aromatic rings. The molecule has 0 saturated heterocycles. The molecule has 0 rings (SSSR count). The van der Waals surface area contributed by atoms with E-state index < -0.39 is 30.4 Å². The largest absolute Gasteiger partial charge is 0.480 e. The fourth-order valence-corrected chi connectivity index (χ4v) is 0. The van der Waals surface area contributed by atoms with Gasteiger partial charge in [0.05, 0.1) is 28.9 Å². The maximum absolute atomic E-state index is 9.52. The lowest BCUT2D eigenvalue weighted by Crippen LogP contribution is -2.10. The molecule has 0 heterocycles. The second kappa shape index (κ2) is 21.9. The number of hydrogen-bond donors (Lipinski definition) is 8. The lowest BCUT2D eigenvalue weighted by molar-refractivity contribution is -0.136. The van der Waals surface area contributed by atoms with Crippen molar-refractivity contribution in [1.82, 2.24) is 0 Å². The van der Waals surface area contributed by atoms with E-state index in [4.69, 9.17) is 23.2 Å². The minimum absolute atomic E-state index is 0.278. The zero-order chi connectivity index (χ0) is 18.9. The first kappa shape index (κ1) is 20.0. The van der Waals surface area contributed by atoms with Crippen LogP contribution < -0.4 is 22.9 Å². The summed E-state index contributed by atoms with van der Waals surface area (Å²) in [5.74, 6) is -4.55. The van der Waals surface area contributed by atoms with E-state index in [1.807, 2.05) is 0 Å². The van der Waals surface area contributed by atoms with Crippen LogP contribution in [0.2, 0.25) is 0 Å². The first-order valence-electron chi connectivity index (χ1n) is 5.54. The van der Waals surface area contributed by atoms with Crippen molar-refractivity contribution in [2.24, 2.45) is 22.9 Å². The molecule has 0 spiro atoms. The molecule has 20 heavy (non-hydrogen) atoms. The third-order valence-corrected chi connectivity index (χ3v) is 0.647. The van der Waals surface area contributed by atoms with E-state index in [1.54, 1.807) is 0 Å². The first-order chi connectivity index (χ1) is 9.75. The van der Waals surface area contributed by atoms with Crippen LogP contribution in [0.25, 0.3) is 0 Å². The minimum Gasteiger partial charge on any atom is -0.480 e. The molecule has 0 aliphatic rings. The Morgan fingerprint density at radius 3 is 0.950 bits per heavy atom. The monoisotopic (exact) mass is 307 g/mol. The summed E-state index contributed by atoms with van der Waals surface area (Å²) in [7, 11) is 0. The molecule has 0 aliphatic carbocycles. The Labute approximate surface area is 116 Å². The molecule has 12 N–H and O–H groups in total. The molecule has 0 unspecified atom stereocenters. The Morgan fingerprint density at radius 2 is 0.950 bits per heavy atom. The molecule has 12 heteroatoms. The zero-order valence-corrected chi connectivity index (χ0v) is 10.4. The van der Waals surface area contributed by atoms with Gasteiger partial charge in [-0.3, -0.25) is 19.2 Å². The molecule has 12 nitrogen and oxygen atoms in total. The van der Waals surface area contributed by atoms with Gasteiger partial charge in [-0.25, -0.2) is 0 Å². The van der Waals surface area contributed by atoms with Gasteiger partial charge in [0, 0.05) is 0 Å². The smallest absolute Gasteiger partial charge is 0.317 e. The standard InChI is InChI=1S/4C2H5NO2/c4*3-1-2(4)5/h4*1,3H2,(H,4,5)/i1+1,2+1;3+2;2+1;1D2. The van der Waals surface area contributed by atoms with Crippen LogP contribution in [0, 0.1) is 0 Å². The third-order valence-electron chi connectivity index (χ3n) is 0.647. The van der Waals surface area contributed by atoms with Crippen molar-refractivity contribution in [1.29, 1.82) is 0 Å². The van der Waals surface area contributed by atoms with Gasteiger partial charge in [-0.2, -0.15) is 0 Å². The maximum Gasteiger partial charge on any atom is 0.317 e. The van der Waals surface area contributed by atoms with E-state index in [0.29, 0.717) is 0 Å². The van der Waals surface area contributed by atoms with Crippen LogP contribution in [-0.2, 0) is 19.2 Å². The third kappa shape index (κ3) is 104. The topological polar surface area (TPSA) is 253 Å². The van der Waals surface area contributed by atoms with Crippen molar-refractivity contribution in [3.8, 4) is 0 Å². The number of carboxylic acid groups (broad SMARTS) is 4. The van der Waals surface area contributed by atoms with Crippen molar-refractivity contribution in [3.63, 3.8) is 0 Å². The molecular weight excluding hydrogens is 285 g/mol. The zero-order valence-electron chi connectivity index (χ0n) is 12.4. The lowest BCUT2D eigenvalue weighted by atomic mass is 10.7. The summed E-state index contributed by atoms with van der Waals surface area (Å²) in [5.41, 5.74) is 18.1. The number of nitrogens with two attached hydrogens (primary N) is 4. The molecule has 0 amide bonds. The second-order valence-electron chi connectivity index (χ2n) is 2.24. The van der Waals surface area contributed by atoms with Gasteiger partial charge >= 0.3 is 23.9 Å². The van der Waals surface area contributed by atoms with E-state index in [0.717, 1.165) is 0 Å². The predicted octanol–water partition coefficient (Wildman–Crippen LogP) is -3.88. The van der Waals surface area contributed by atoms with Crippen molar-refractivity contribution in [3.05, 3.63) is 0 Å². The summed E-state index contributed by atoms with van der Waals surface area (Å²) < 4.78 is 12.5. The van der Waals surface area contributed by atoms with Gasteiger partial charge in [0.2, 0.25) is 0 Å². The van der Waals surface area contributed by atoms with Crippen LogP contribution in [0.4, 0.5) is 0 Å². The highest BCUT2D eigenvalue weighted by Crippen LogP contribution is 1.45. The van der Waals surface area contributed by atoms with Crippen molar-refractivity contribution < 1.29 is 42.3 Å². The van der Waals surface area contributed by atoms with E-state index in [9.17, 15) is 19.2 Å². The highest BCUT2D eigenvalue weighted by atomic mass is 16.5. The molecule has 0 fully saturated rings. The fourth-order valence-electron chi connectivity index (χ4n) is 0. The quantitative estimate of drug-likeness (QED) is 0.232. The summed E-state index contributed by atoms with van der Waals surface area (Å²) in [4.78, 5) is 37.2. The van der Waals surface area contributed by atoms with Gasteiger partial charge < -0.3 is 43.4 Å². The number of carbonyl (C=O) groups is 4. The van der Waals surface area contributed by atoms with Crippen molar-refractivity contribution in [2.75, 3.05) is 26.1 Å². The van der Waals surface area contributed by atoms with Crippen LogP contribution in [0.5, 0.6) is 0 Å². The molecule has 0 saturated carbocycles. The molecular formula is C8H20N4O8. The van der Waals surface area contributed by atoms with Crippen LogP contribution in [0.15, 0.2) is 0 Å². The summed E-state index contributed by atoms with van der Waals surface area (Å²) >= 11 is 0. The van der Waals surface area contributed by atoms with E-state index in [2.05, 4.69) is 22.9 Å². The summed E-state index contributed by atoms with van der Waals surface area (Å²) in [5, 5.41) is 30.5. The van der Waals surface area contributed by atoms with E-state index in [1.165, 1.54) is 0 Å². The predicted molar refractivity (Wildman–Crippen MR) is 66.8 cm³/mol. The number of carboxylic acids is 4. The van der Waals surface area contributed by atoms with Gasteiger partial charge in [-0.1, -0.05) is 0 Å². The van der Waals surface area contributed by atoms with Gasteiger partial charge in [0.15, 0.2) is 0 Å². The van der Waals surface area contributed by atoms with Crippen LogP contribution in [-0.4, -0.2) is 70.4 Å². The van der Waals surface area contributed by atoms with Gasteiger partial charge in [0.1, 0.15) is 0 Å². The number of hydrogen-bond acceptors (Lipinski definition) is 8. The van der Waals surface area contributed by atoms with Crippen LogP contribution in [0.3, 0.4) is 0 Å². The first-order valence-corrected chi connectivity index (χ1v) is 4.54. The van der Waals surface area contributed by atoms with Gasteiger partial charge in [-0.05, 0) is 0 Å². The number of rotatable bonds is 4. The Balaban J connectivity index is -0.0000000995. The molecule has 0 radical (unpaired) electrons. The Morgan fingerprint density at radius 1 is 0.800 bits per heavy atom. The molecule has 0 aromatic heterocycles. The summed E-state index contributed by atoms with van der Waals surface area (Å²) in [6, 6.07) is 0. The highest BCUT2D eigenvalue weighted by Gasteiger charge is 1.82. The highest BCUT2D eigenvalue weighted by molar-refractivity contribution is 5.69. The lowest BCUT2D eigenvalue weighted by Gasteiger charge is -1.73. The minimum atomic E-state index is -2.58. The van der Waals surface area contributed by atoms with Gasteiger partial charge in [0.25, 0.3) is 0 Å². The van der Waals surface area contributed by atoms with E-state index in [-0.39, 0.29) is 19.6 Å². The Hall–Kier alpha value is -2.28. The number of aliphatic carboxylic acids is 4. The second-order valence-corrected chi connectivity index (χ2v) is 2.24. The summed E-state index contributed by atoms with van der Waals surface area (Å²) in [6.07, 6.45) is 0. The van der Waals surface area contributed by atoms with Crippen LogP contribution >= 0.6 is 0 Å². The van der Waals surface area contributed by atoms with Crippen molar-refractivity contribution >= 4 is 23.9 Å². The molecule has 0 bridgehead atoms. The molecule has 0 aromatic carbocycles. The Bertz CT molecular complexity index is 314. The van der Waals surface area contributed by atoms with Gasteiger partial charge in [-0.15, -0.1) is 0 Å². The molecule has 0 aliphatic heterocycles. The maximum atomic E-state index is 9.52. The summed E-state index contributed by atoms with van der Waals surface area (Å²) in [6.45, 7) is -3.42. The molecule has 120 valence electrons. The average molecular weight is 307 g/mol. The Kier molecular flexibility index (Phi) is 22.0. The van der Waals surface area contributed by atoms with E-state index >= 15 is 0 Å². The van der Waals surface area contributed by atoms with Crippen molar-refractivity contribution in [2.45, 2.75) is 0 Å². The fraction of sp³-hybridized carbons (Fsp3) is 0.500. The molecule has 0 atom stereocenters.